The van der Waals surface area contributed by atoms with Crippen molar-refractivity contribution < 1.29 is 9.69 Å². The van der Waals surface area contributed by atoms with Crippen LogP contribution in [0.5, 0.6) is 0 Å². The molecule has 0 saturated heterocycles. The number of nitrogens with one attached hydrogen (secondary N) is 2. The van der Waals surface area contributed by atoms with Gasteiger partial charge in [-0.2, -0.15) is 0 Å². The Hall–Kier alpha value is -1.65. The smallest absolute Gasteiger partial charge is 0.275 e. The minimum absolute atomic E-state index is 0.0499. The molecule has 23 heavy (non-hydrogen) atoms. The second kappa shape index (κ2) is 7.28. The zero-order valence-corrected chi connectivity index (χ0v) is 15.2. The van der Waals surface area contributed by atoms with Gasteiger partial charge in [-0.3, -0.25) is 4.79 Å². The Morgan fingerprint density at radius 2 is 2.04 bits per heavy atom. The van der Waals surface area contributed by atoms with E-state index in [1.807, 2.05) is 20.9 Å². The van der Waals surface area contributed by atoms with Crippen LogP contribution in [0.4, 0.5) is 0 Å². The predicted molar refractivity (Wildman–Crippen MR) is 95.0 cm³/mol. The number of likely N-dealkylation sites (N-methyl/N-ethyl adjacent to an activating group) is 1. The Kier molecular flexibility index (Phi) is 5.60. The number of hydrogen-bond acceptors (Lipinski definition) is 2. The highest BCUT2D eigenvalue weighted by Crippen LogP contribution is 2.24. The van der Waals surface area contributed by atoms with E-state index in [9.17, 15) is 4.79 Å². The lowest BCUT2D eigenvalue weighted by atomic mass is 10.0. The van der Waals surface area contributed by atoms with E-state index in [-0.39, 0.29) is 11.9 Å². The third-order valence-corrected chi connectivity index (χ3v) is 4.27. The molecule has 0 aliphatic rings. The lowest BCUT2D eigenvalue weighted by molar-refractivity contribution is -0.885. The number of aryl methyl sites for hydroxylation is 2. The summed E-state index contributed by atoms with van der Waals surface area (Å²) < 4.78 is 0. The van der Waals surface area contributed by atoms with Crippen LogP contribution < -0.4 is 10.2 Å². The minimum atomic E-state index is 0.0499. The van der Waals surface area contributed by atoms with Gasteiger partial charge >= 0.3 is 0 Å². The van der Waals surface area contributed by atoms with Crippen molar-refractivity contribution in [1.29, 1.82) is 0 Å². The van der Waals surface area contributed by atoms with Crippen molar-refractivity contribution >= 4 is 28.4 Å². The van der Waals surface area contributed by atoms with Crippen molar-refractivity contribution in [3.8, 4) is 0 Å². The van der Waals surface area contributed by atoms with Gasteiger partial charge in [0.1, 0.15) is 11.7 Å². The normalized spacial score (nSPS) is 12.7. The molecule has 2 rings (SSSR count). The third-order valence-electron chi connectivity index (χ3n) is 3.94. The number of carbonyl (C=O) groups excluding carboxylic acids is 1. The predicted octanol–water partition coefficient (Wildman–Crippen LogP) is 2.04. The second-order valence-electron chi connectivity index (χ2n) is 6.55. The van der Waals surface area contributed by atoms with E-state index >= 15 is 0 Å². The summed E-state index contributed by atoms with van der Waals surface area (Å²) in [7, 11) is 1.99. The third kappa shape index (κ3) is 4.43. The standard InChI is InChI=1S/C18H24ClN3O/c1-11(2)20-16(23)10-22(5)9-15-8-14-7-6-12(3)13(4)17(14)21-18(15)19/h6-8,11H,9-10H2,1-5H3,(H,20,23)/p+1. The van der Waals surface area contributed by atoms with Gasteiger partial charge in [0.05, 0.1) is 12.6 Å². The second-order valence-corrected chi connectivity index (χ2v) is 6.91. The van der Waals surface area contributed by atoms with E-state index in [0.717, 1.165) is 26.9 Å². The van der Waals surface area contributed by atoms with Gasteiger partial charge in [-0.1, -0.05) is 23.7 Å². The molecule has 5 heteroatoms. The van der Waals surface area contributed by atoms with Crippen molar-refractivity contribution in [2.24, 2.45) is 0 Å². The van der Waals surface area contributed by atoms with Gasteiger partial charge in [0, 0.05) is 17.0 Å². The van der Waals surface area contributed by atoms with Crippen LogP contribution in [0.2, 0.25) is 5.15 Å². The highest BCUT2D eigenvalue weighted by Gasteiger charge is 2.15. The van der Waals surface area contributed by atoms with Crippen LogP contribution in [0, 0.1) is 13.8 Å². The number of nitrogens with zero attached hydrogens (tertiary/aromatic N) is 1. The zero-order valence-electron chi connectivity index (χ0n) is 14.5. The number of fused-ring (bicyclic) bond motifs is 1. The van der Waals surface area contributed by atoms with Crippen molar-refractivity contribution in [1.82, 2.24) is 10.3 Å². The molecule has 0 bridgehead atoms. The van der Waals surface area contributed by atoms with Crippen LogP contribution in [0.3, 0.4) is 0 Å². The molecule has 0 aliphatic heterocycles. The summed E-state index contributed by atoms with van der Waals surface area (Å²) in [6.45, 7) is 9.14. The summed E-state index contributed by atoms with van der Waals surface area (Å²) in [6.07, 6.45) is 0. The van der Waals surface area contributed by atoms with Crippen LogP contribution in [-0.2, 0) is 11.3 Å². The summed E-state index contributed by atoms with van der Waals surface area (Å²) in [5, 5.41) is 4.52. The van der Waals surface area contributed by atoms with Gasteiger partial charge in [0.25, 0.3) is 5.91 Å². The van der Waals surface area contributed by atoms with Gasteiger partial charge in [0.2, 0.25) is 0 Å². The van der Waals surface area contributed by atoms with Gasteiger partial charge in [-0.05, 0) is 44.9 Å². The Morgan fingerprint density at radius 1 is 1.35 bits per heavy atom. The molecule has 2 aromatic rings. The quantitative estimate of drug-likeness (QED) is 0.822. The first-order valence-corrected chi connectivity index (χ1v) is 8.31. The molecule has 1 amide bonds. The summed E-state index contributed by atoms with van der Waals surface area (Å²) in [6, 6.07) is 6.42. The molecule has 0 radical (unpaired) electrons. The van der Waals surface area contributed by atoms with Gasteiger partial charge in [0.15, 0.2) is 6.54 Å². The van der Waals surface area contributed by atoms with Crippen LogP contribution in [0.1, 0.15) is 30.5 Å². The van der Waals surface area contributed by atoms with Gasteiger partial charge < -0.3 is 10.2 Å². The van der Waals surface area contributed by atoms with Crippen LogP contribution in [-0.4, -0.2) is 30.5 Å². The summed E-state index contributed by atoms with van der Waals surface area (Å²) >= 11 is 6.37. The van der Waals surface area contributed by atoms with Crippen LogP contribution in [0.15, 0.2) is 18.2 Å². The first-order chi connectivity index (χ1) is 10.8. The lowest BCUT2D eigenvalue weighted by Crippen LogP contribution is -3.09. The largest absolute Gasteiger partial charge is 0.349 e. The Bertz CT molecular complexity index is 728. The summed E-state index contributed by atoms with van der Waals surface area (Å²) in [5.74, 6) is 0.0499. The average Bonchev–Trinajstić information content (AvgIpc) is 2.43. The number of amides is 1. The Labute approximate surface area is 142 Å². The number of pyridine rings is 1. The molecule has 1 heterocycles. The number of halogens is 1. The highest BCUT2D eigenvalue weighted by molar-refractivity contribution is 6.30. The number of benzene rings is 1. The fraction of sp³-hybridized carbons (Fsp3) is 0.444. The lowest BCUT2D eigenvalue weighted by Gasteiger charge is -2.16. The van der Waals surface area contributed by atoms with Crippen molar-refractivity contribution in [2.45, 2.75) is 40.3 Å². The van der Waals surface area contributed by atoms with Gasteiger partial charge in [-0.15, -0.1) is 0 Å². The maximum absolute atomic E-state index is 11.9. The maximum Gasteiger partial charge on any atom is 0.275 e. The fourth-order valence-electron chi connectivity index (χ4n) is 2.66. The summed E-state index contributed by atoms with van der Waals surface area (Å²) in [5.41, 5.74) is 4.29. The number of hydrogen-bond donors (Lipinski definition) is 2. The molecule has 1 unspecified atom stereocenters. The molecule has 0 aliphatic carbocycles. The molecule has 0 saturated carbocycles. The van der Waals surface area contributed by atoms with E-state index in [1.54, 1.807) is 0 Å². The monoisotopic (exact) mass is 334 g/mol. The number of carbonyl (C=O) groups is 1. The van der Waals surface area contributed by atoms with E-state index in [0.29, 0.717) is 18.2 Å². The fourth-order valence-corrected chi connectivity index (χ4v) is 2.87. The molecule has 1 aromatic carbocycles. The van der Waals surface area contributed by atoms with Crippen molar-refractivity contribution in [2.75, 3.05) is 13.6 Å². The zero-order chi connectivity index (χ0) is 17.1. The molecule has 1 atom stereocenters. The Balaban J connectivity index is 2.19. The van der Waals surface area contributed by atoms with Crippen molar-refractivity contribution in [3.05, 3.63) is 40.0 Å². The van der Waals surface area contributed by atoms with E-state index in [4.69, 9.17) is 11.6 Å². The molecule has 0 fully saturated rings. The average molecular weight is 335 g/mol. The molecule has 2 N–H and O–H groups in total. The molecular weight excluding hydrogens is 310 g/mol. The highest BCUT2D eigenvalue weighted by atomic mass is 35.5. The van der Waals surface area contributed by atoms with E-state index < -0.39 is 0 Å². The first-order valence-electron chi connectivity index (χ1n) is 7.94. The Morgan fingerprint density at radius 3 is 2.70 bits per heavy atom. The van der Waals surface area contributed by atoms with Crippen LogP contribution >= 0.6 is 11.6 Å². The van der Waals surface area contributed by atoms with Gasteiger partial charge in [-0.25, -0.2) is 4.98 Å². The SMILES string of the molecule is Cc1ccc2cc(C[NH+](C)CC(=O)NC(C)C)c(Cl)nc2c1C. The molecule has 124 valence electrons. The van der Waals surface area contributed by atoms with E-state index in [2.05, 4.69) is 42.3 Å². The first kappa shape index (κ1) is 17.7. The van der Waals surface area contributed by atoms with Crippen molar-refractivity contribution in [3.63, 3.8) is 0 Å². The molecular formula is C18H25ClN3O+. The number of rotatable bonds is 5. The molecule has 4 nitrogen and oxygen atoms in total. The van der Waals surface area contributed by atoms with E-state index in [1.165, 1.54) is 5.56 Å². The number of quaternary nitrogens is 1. The van der Waals surface area contributed by atoms with Crippen LogP contribution in [0.25, 0.3) is 10.9 Å². The molecule has 0 spiro atoms. The maximum atomic E-state index is 11.9. The topological polar surface area (TPSA) is 46.4 Å². The minimum Gasteiger partial charge on any atom is -0.349 e. The summed E-state index contributed by atoms with van der Waals surface area (Å²) in [4.78, 5) is 17.5. The number of aromatic nitrogens is 1. The molecule has 1 aromatic heterocycles.